The molecule has 3 aromatic carbocycles. The minimum atomic E-state index is -3.92. The summed E-state index contributed by atoms with van der Waals surface area (Å²) in [6.07, 6.45) is 1.92. The van der Waals surface area contributed by atoms with Crippen molar-refractivity contribution in [2.75, 3.05) is 17.1 Å². The van der Waals surface area contributed by atoms with Gasteiger partial charge < -0.3 is 10.2 Å². The lowest BCUT2D eigenvalue weighted by atomic mass is 10.0. The highest BCUT2D eigenvalue weighted by molar-refractivity contribution is 7.92. The molecule has 0 spiro atoms. The SMILES string of the molecule is CCC(C)NC(=O)C(Cc1ccccc1)N(Cc1ccc(Cl)cc1Cl)C(=O)CN(c1cccc(Cl)c1C)S(C)(=O)=O. The summed E-state index contributed by atoms with van der Waals surface area (Å²) in [6.45, 7) is 4.92. The van der Waals surface area contributed by atoms with Crippen LogP contribution < -0.4 is 9.62 Å². The maximum absolute atomic E-state index is 14.2. The van der Waals surface area contributed by atoms with Crippen molar-refractivity contribution in [3.8, 4) is 0 Å². The molecule has 0 aliphatic heterocycles. The van der Waals surface area contributed by atoms with Crippen molar-refractivity contribution in [2.45, 2.75) is 52.2 Å². The fourth-order valence-electron chi connectivity index (χ4n) is 4.29. The van der Waals surface area contributed by atoms with Crippen LogP contribution in [-0.4, -0.2) is 50.0 Å². The first-order valence-electron chi connectivity index (χ1n) is 13.1. The molecule has 41 heavy (non-hydrogen) atoms. The maximum Gasteiger partial charge on any atom is 0.244 e. The molecular formula is C30H34Cl3N3O4S. The van der Waals surface area contributed by atoms with Crippen molar-refractivity contribution in [3.05, 3.63) is 98.5 Å². The number of halogens is 3. The van der Waals surface area contributed by atoms with E-state index in [0.29, 0.717) is 32.6 Å². The summed E-state index contributed by atoms with van der Waals surface area (Å²) < 4.78 is 27.0. The van der Waals surface area contributed by atoms with Gasteiger partial charge >= 0.3 is 0 Å². The van der Waals surface area contributed by atoms with Crippen molar-refractivity contribution in [1.82, 2.24) is 10.2 Å². The average Bonchev–Trinajstić information content (AvgIpc) is 2.91. The molecule has 1 N–H and O–H groups in total. The lowest BCUT2D eigenvalue weighted by Crippen LogP contribution is -2.54. The fraction of sp³-hybridized carbons (Fsp3) is 0.333. The molecule has 0 aromatic heterocycles. The largest absolute Gasteiger partial charge is 0.352 e. The second-order valence-electron chi connectivity index (χ2n) is 9.93. The van der Waals surface area contributed by atoms with Crippen LogP contribution in [0, 0.1) is 6.92 Å². The van der Waals surface area contributed by atoms with Crippen LogP contribution in [0.5, 0.6) is 0 Å². The Morgan fingerprint density at radius 3 is 2.24 bits per heavy atom. The molecule has 0 bridgehead atoms. The van der Waals surface area contributed by atoms with Gasteiger partial charge in [0.25, 0.3) is 0 Å². The second-order valence-corrected chi connectivity index (χ2v) is 13.1. The van der Waals surface area contributed by atoms with Crippen molar-refractivity contribution in [1.29, 1.82) is 0 Å². The van der Waals surface area contributed by atoms with Crippen molar-refractivity contribution < 1.29 is 18.0 Å². The minimum absolute atomic E-state index is 0.0492. The molecule has 0 heterocycles. The summed E-state index contributed by atoms with van der Waals surface area (Å²) >= 11 is 18.9. The van der Waals surface area contributed by atoms with Gasteiger partial charge in [0, 0.05) is 34.1 Å². The number of benzene rings is 3. The topological polar surface area (TPSA) is 86.8 Å². The standard InChI is InChI=1S/C30H34Cl3N3O4S/c1-5-20(2)34-30(38)28(16-22-10-7-6-8-11-22)35(18-23-14-15-24(31)17-26(23)33)29(37)19-36(41(4,39)40)27-13-9-12-25(32)21(27)3/h6-15,17,20,28H,5,16,18-19H2,1-4H3,(H,34,38). The first-order chi connectivity index (χ1) is 19.3. The van der Waals surface area contributed by atoms with Crippen molar-refractivity contribution in [2.24, 2.45) is 0 Å². The van der Waals surface area contributed by atoms with Crippen LogP contribution in [0.1, 0.15) is 37.0 Å². The number of nitrogens with one attached hydrogen (secondary N) is 1. The number of hydrogen-bond acceptors (Lipinski definition) is 4. The molecule has 0 radical (unpaired) electrons. The third-order valence-electron chi connectivity index (χ3n) is 6.81. The predicted molar refractivity (Wildman–Crippen MR) is 167 cm³/mol. The molecule has 7 nitrogen and oxygen atoms in total. The van der Waals surface area contributed by atoms with Gasteiger partial charge in [-0.05, 0) is 61.2 Å². The number of amides is 2. The summed E-state index contributed by atoms with van der Waals surface area (Å²) in [5, 5.41) is 4.10. The first-order valence-corrected chi connectivity index (χ1v) is 16.1. The Hall–Kier alpha value is -2.78. The Balaban J connectivity index is 2.12. The van der Waals surface area contributed by atoms with E-state index in [9.17, 15) is 18.0 Å². The van der Waals surface area contributed by atoms with Gasteiger partial charge in [-0.3, -0.25) is 13.9 Å². The van der Waals surface area contributed by atoms with Gasteiger partial charge in [-0.1, -0.05) is 84.2 Å². The van der Waals surface area contributed by atoms with E-state index in [0.717, 1.165) is 16.1 Å². The second kappa shape index (κ2) is 14.4. The number of sulfonamides is 1. The Morgan fingerprint density at radius 2 is 1.63 bits per heavy atom. The molecule has 2 atom stereocenters. The van der Waals surface area contributed by atoms with E-state index in [2.05, 4.69) is 5.32 Å². The summed E-state index contributed by atoms with van der Waals surface area (Å²) in [4.78, 5) is 29.3. The van der Waals surface area contributed by atoms with Crippen LogP contribution in [0.25, 0.3) is 0 Å². The molecule has 3 rings (SSSR count). The molecule has 0 saturated carbocycles. The molecule has 0 fully saturated rings. The van der Waals surface area contributed by atoms with Gasteiger partial charge in [0.05, 0.1) is 11.9 Å². The predicted octanol–water partition coefficient (Wildman–Crippen LogP) is 6.28. The molecule has 220 valence electrons. The quantitative estimate of drug-likeness (QED) is 0.253. The van der Waals surface area contributed by atoms with Crippen LogP contribution in [-0.2, 0) is 32.6 Å². The summed E-state index contributed by atoms with van der Waals surface area (Å²) in [5.41, 5.74) is 2.18. The van der Waals surface area contributed by atoms with Crippen LogP contribution in [0.3, 0.4) is 0 Å². The zero-order valence-corrected chi connectivity index (χ0v) is 26.5. The van der Waals surface area contributed by atoms with E-state index < -0.39 is 28.5 Å². The normalized spacial score (nSPS) is 12.9. The summed E-state index contributed by atoms with van der Waals surface area (Å²) in [5.74, 6) is -0.937. The van der Waals surface area contributed by atoms with Gasteiger partial charge in [0.15, 0.2) is 0 Å². The van der Waals surface area contributed by atoms with E-state index >= 15 is 0 Å². The lowest BCUT2D eigenvalue weighted by molar-refractivity contribution is -0.140. The fourth-order valence-corrected chi connectivity index (χ4v) is 5.83. The molecule has 11 heteroatoms. The van der Waals surface area contributed by atoms with Crippen LogP contribution in [0.2, 0.25) is 15.1 Å². The first kappa shape index (κ1) is 32.7. The van der Waals surface area contributed by atoms with Crippen molar-refractivity contribution in [3.63, 3.8) is 0 Å². The van der Waals surface area contributed by atoms with E-state index in [4.69, 9.17) is 34.8 Å². The molecule has 0 saturated heterocycles. The average molecular weight is 639 g/mol. The Bertz CT molecular complexity index is 1490. The smallest absolute Gasteiger partial charge is 0.244 e. The third kappa shape index (κ3) is 8.85. The van der Waals surface area contributed by atoms with Gasteiger partial charge in [-0.25, -0.2) is 8.42 Å². The molecule has 2 unspecified atom stereocenters. The number of anilines is 1. The Morgan fingerprint density at radius 1 is 0.951 bits per heavy atom. The van der Waals surface area contributed by atoms with Gasteiger partial charge in [0.2, 0.25) is 21.8 Å². The monoisotopic (exact) mass is 637 g/mol. The minimum Gasteiger partial charge on any atom is -0.352 e. The zero-order chi connectivity index (χ0) is 30.3. The highest BCUT2D eigenvalue weighted by Crippen LogP contribution is 2.29. The van der Waals surface area contributed by atoms with E-state index in [1.165, 1.54) is 4.90 Å². The van der Waals surface area contributed by atoms with Crippen LogP contribution in [0.15, 0.2) is 66.7 Å². The highest BCUT2D eigenvalue weighted by atomic mass is 35.5. The van der Waals surface area contributed by atoms with Crippen molar-refractivity contribution >= 4 is 62.3 Å². The number of rotatable bonds is 12. The lowest BCUT2D eigenvalue weighted by Gasteiger charge is -2.34. The third-order valence-corrected chi connectivity index (χ3v) is 8.94. The van der Waals surface area contributed by atoms with E-state index in [-0.39, 0.29) is 30.6 Å². The zero-order valence-electron chi connectivity index (χ0n) is 23.4. The highest BCUT2D eigenvalue weighted by Gasteiger charge is 2.34. The molecule has 2 amide bonds. The Labute approximate surface area is 257 Å². The maximum atomic E-state index is 14.2. The van der Waals surface area contributed by atoms with Gasteiger partial charge in [-0.15, -0.1) is 0 Å². The number of carbonyl (C=O) groups is 2. The number of nitrogens with zero attached hydrogens (tertiary/aromatic N) is 2. The molecule has 0 aliphatic rings. The number of hydrogen-bond donors (Lipinski definition) is 1. The molecule has 3 aromatic rings. The van der Waals surface area contributed by atoms with Crippen LogP contribution >= 0.6 is 34.8 Å². The molecule has 0 aliphatic carbocycles. The van der Waals surface area contributed by atoms with E-state index in [1.807, 2.05) is 44.2 Å². The van der Waals surface area contributed by atoms with Gasteiger partial charge in [0.1, 0.15) is 12.6 Å². The van der Waals surface area contributed by atoms with E-state index in [1.54, 1.807) is 43.3 Å². The Kier molecular flexibility index (Phi) is 11.5. The van der Waals surface area contributed by atoms with Gasteiger partial charge in [-0.2, -0.15) is 0 Å². The molecular weight excluding hydrogens is 605 g/mol. The summed E-state index contributed by atoms with van der Waals surface area (Å²) in [6, 6.07) is 18.0. The number of carbonyl (C=O) groups excluding carboxylic acids is 2. The summed E-state index contributed by atoms with van der Waals surface area (Å²) in [7, 11) is -3.92. The van der Waals surface area contributed by atoms with Crippen LogP contribution in [0.4, 0.5) is 5.69 Å².